The van der Waals surface area contributed by atoms with Crippen LogP contribution in [-0.2, 0) is 0 Å². The molecule has 0 aliphatic carbocycles. The van der Waals surface area contributed by atoms with Crippen molar-refractivity contribution >= 4 is 33.1 Å². The third-order valence-electron chi connectivity index (χ3n) is 2.93. The third kappa shape index (κ3) is 2.19. The lowest BCUT2D eigenvalue weighted by Gasteiger charge is -2.05. The Hall–Kier alpha value is -1.59. The van der Waals surface area contributed by atoms with E-state index in [4.69, 9.17) is 10.3 Å². The second kappa shape index (κ2) is 4.83. The lowest BCUT2D eigenvalue weighted by Crippen LogP contribution is -1.88. The van der Waals surface area contributed by atoms with Crippen LogP contribution in [0.25, 0.3) is 21.8 Å². The van der Waals surface area contributed by atoms with Crippen LogP contribution in [0.3, 0.4) is 0 Å². The van der Waals surface area contributed by atoms with E-state index in [-0.39, 0.29) is 0 Å². The van der Waals surface area contributed by atoms with Crippen LogP contribution in [0.1, 0.15) is 5.56 Å². The molecular formula is C14H11BrN2OS. The van der Waals surface area contributed by atoms with Gasteiger partial charge in [0.2, 0.25) is 0 Å². The minimum Gasteiger partial charge on any atom is -0.380 e. The van der Waals surface area contributed by atoms with Crippen LogP contribution in [-0.4, -0.2) is 5.16 Å². The molecule has 2 heterocycles. The molecule has 0 saturated carbocycles. The quantitative estimate of drug-likeness (QED) is 0.737. The van der Waals surface area contributed by atoms with E-state index in [1.807, 2.05) is 42.6 Å². The molecule has 5 heteroatoms. The Bertz CT molecular complexity index is 719. The zero-order valence-electron chi connectivity index (χ0n) is 10.2. The average Bonchev–Trinajstić information content (AvgIpc) is 3.01. The van der Waals surface area contributed by atoms with Gasteiger partial charge in [-0.15, -0.1) is 11.3 Å². The summed E-state index contributed by atoms with van der Waals surface area (Å²) in [6.07, 6.45) is 0. The molecule has 0 amide bonds. The summed E-state index contributed by atoms with van der Waals surface area (Å²) in [6.45, 7) is 2.04. The standard InChI is InChI=1S/C14H11BrN2OS/c1-8-4-5-9(15)7-10(8)13-12(14(16)17-18-13)11-3-2-6-19-11/h2-7H,1H3,(H2,16,17). The molecule has 0 spiro atoms. The minimum absolute atomic E-state index is 0.428. The normalized spacial score (nSPS) is 10.8. The Morgan fingerprint density at radius 2 is 2.16 bits per heavy atom. The number of hydrogen-bond donors (Lipinski definition) is 1. The summed E-state index contributed by atoms with van der Waals surface area (Å²) in [7, 11) is 0. The van der Waals surface area contributed by atoms with Gasteiger partial charge in [-0.1, -0.05) is 33.2 Å². The first-order valence-corrected chi connectivity index (χ1v) is 7.39. The van der Waals surface area contributed by atoms with E-state index in [1.54, 1.807) is 11.3 Å². The molecule has 2 aromatic heterocycles. The SMILES string of the molecule is Cc1ccc(Br)cc1-c1onc(N)c1-c1cccs1. The first kappa shape index (κ1) is 12.4. The predicted molar refractivity (Wildman–Crippen MR) is 82.1 cm³/mol. The molecule has 0 bridgehead atoms. The van der Waals surface area contributed by atoms with Crippen molar-refractivity contribution in [2.24, 2.45) is 0 Å². The number of nitrogens with zero attached hydrogens (tertiary/aromatic N) is 1. The highest BCUT2D eigenvalue weighted by Crippen LogP contribution is 2.40. The monoisotopic (exact) mass is 334 g/mol. The van der Waals surface area contributed by atoms with Gasteiger partial charge >= 0.3 is 0 Å². The third-order valence-corrected chi connectivity index (χ3v) is 4.31. The summed E-state index contributed by atoms with van der Waals surface area (Å²) >= 11 is 5.10. The van der Waals surface area contributed by atoms with E-state index in [9.17, 15) is 0 Å². The van der Waals surface area contributed by atoms with Crippen molar-refractivity contribution in [1.29, 1.82) is 0 Å². The Labute approximate surface area is 123 Å². The van der Waals surface area contributed by atoms with Crippen molar-refractivity contribution in [2.75, 3.05) is 5.73 Å². The molecule has 2 N–H and O–H groups in total. The highest BCUT2D eigenvalue weighted by Gasteiger charge is 2.19. The maximum Gasteiger partial charge on any atom is 0.178 e. The Morgan fingerprint density at radius 3 is 2.89 bits per heavy atom. The second-order valence-corrected chi connectivity index (χ2v) is 6.07. The highest BCUT2D eigenvalue weighted by atomic mass is 79.9. The van der Waals surface area contributed by atoms with Crippen LogP contribution in [0, 0.1) is 6.92 Å². The molecule has 3 aromatic rings. The van der Waals surface area contributed by atoms with Crippen LogP contribution < -0.4 is 5.73 Å². The van der Waals surface area contributed by atoms with Crippen molar-refractivity contribution in [3.63, 3.8) is 0 Å². The first-order chi connectivity index (χ1) is 9.16. The zero-order valence-corrected chi connectivity index (χ0v) is 12.6. The highest BCUT2D eigenvalue weighted by molar-refractivity contribution is 9.10. The van der Waals surface area contributed by atoms with Crippen molar-refractivity contribution < 1.29 is 4.52 Å². The van der Waals surface area contributed by atoms with Gasteiger partial charge in [-0.2, -0.15) is 0 Å². The zero-order chi connectivity index (χ0) is 13.4. The number of rotatable bonds is 2. The fourth-order valence-electron chi connectivity index (χ4n) is 1.98. The second-order valence-electron chi connectivity index (χ2n) is 4.21. The molecule has 0 saturated heterocycles. The number of aromatic nitrogens is 1. The number of nitrogen functional groups attached to an aromatic ring is 1. The first-order valence-electron chi connectivity index (χ1n) is 5.72. The van der Waals surface area contributed by atoms with Crippen LogP contribution >= 0.6 is 27.3 Å². The number of aryl methyl sites for hydroxylation is 1. The van der Waals surface area contributed by atoms with Gasteiger partial charge in [0, 0.05) is 14.9 Å². The molecule has 0 aliphatic rings. The number of thiophene rings is 1. The molecule has 3 nitrogen and oxygen atoms in total. The van der Waals surface area contributed by atoms with E-state index in [0.717, 1.165) is 31.8 Å². The number of benzene rings is 1. The predicted octanol–water partition coefficient (Wildman–Crippen LogP) is 4.72. The molecule has 0 radical (unpaired) electrons. The van der Waals surface area contributed by atoms with Gasteiger partial charge in [0.15, 0.2) is 11.6 Å². The fourth-order valence-corrected chi connectivity index (χ4v) is 3.12. The smallest absolute Gasteiger partial charge is 0.178 e. The number of nitrogens with two attached hydrogens (primary N) is 1. The van der Waals surface area contributed by atoms with Crippen LogP contribution in [0.2, 0.25) is 0 Å². The van der Waals surface area contributed by atoms with Gasteiger partial charge in [0.1, 0.15) is 0 Å². The average molecular weight is 335 g/mol. The van der Waals surface area contributed by atoms with E-state index in [0.29, 0.717) is 5.82 Å². The molecule has 0 unspecified atom stereocenters. The van der Waals surface area contributed by atoms with Crippen LogP contribution in [0.5, 0.6) is 0 Å². The topological polar surface area (TPSA) is 52.0 Å². The van der Waals surface area contributed by atoms with Gasteiger partial charge in [0.25, 0.3) is 0 Å². The lowest BCUT2D eigenvalue weighted by atomic mass is 10.0. The van der Waals surface area contributed by atoms with E-state index in [1.165, 1.54) is 0 Å². The molecule has 19 heavy (non-hydrogen) atoms. The summed E-state index contributed by atoms with van der Waals surface area (Å²) in [4.78, 5) is 1.06. The Balaban J connectivity index is 2.24. The molecule has 0 atom stereocenters. The molecule has 0 fully saturated rings. The number of anilines is 1. The number of halogens is 1. The van der Waals surface area contributed by atoms with Gasteiger partial charge in [-0.3, -0.25) is 0 Å². The van der Waals surface area contributed by atoms with Crippen LogP contribution in [0.4, 0.5) is 5.82 Å². The van der Waals surface area contributed by atoms with E-state index < -0.39 is 0 Å². The van der Waals surface area contributed by atoms with E-state index in [2.05, 4.69) is 21.1 Å². The van der Waals surface area contributed by atoms with E-state index >= 15 is 0 Å². The van der Waals surface area contributed by atoms with Crippen molar-refractivity contribution in [2.45, 2.75) is 6.92 Å². The maximum absolute atomic E-state index is 5.95. The van der Waals surface area contributed by atoms with Gasteiger partial charge in [-0.25, -0.2) is 0 Å². The van der Waals surface area contributed by atoms with Crippen molar-refractivity contribution in [1.82, 2.24) is 5.16 Å². The fraction of sp³-hybridized carbons (Fsp3) is 0.0714. The Morgan fingerprint density at radius 1 is 1.32 bits per heavy atom. The summed E-state index contributed by atoms with van der Waals surface area (Å²) < 4.78 is 6.45. The molecule has 1 aromatic carbocycles. The molecule has 96 valence electrons. The lowest BCUT2D eigenvalue weighted by molar-refractivity contribution is 0.436. The van der Waals surface area contributed by atoms with Crippen molar-refractivity contribution in [3.05, 3.63) is 45.7 Å². The largest absolute Gasteiger partial charge is 0.380 e. The molecular weight excluding hydrogens is 324 g/mol. The summed E-state index contributed by atoms with van der Waals surface area (Å²) in [5, 5.41) is 5.93. The van der Waals surface area contributed by atoms with Crippen molar-refractivity contribution in [3.8, 4) is 21.8 Å². The molecule has 3 rings (SSSR count). The summed E-state index contributed by atoms with van der Waals surface area (Å²) in [5.41, 5.74) is 8.94. The summed E-state index contributed by atoms with van der Waals surface area (Å²) in [6, 6.07) is 10.1. The van der Waals surface area contributed by atoms with Gasteiger partial charge in [-0.05, 0) is 36.1 Å². The molecule has 0 aliphatic heterocycles. The minimum atomic E-state index is 0.428. The van der Waals surface area contributed by atoms with Gasteiger partial charge in [0.05, 0.1) is 5.56 Å². The Kier molecular flexibility index (Phi) is 3.16. The number of hydrogen-bond acceptors (Lipinski definition) is 4. The van der Waals surface area contributed by atoms with Gasteiger partial charge < -0.3 is 10.3 Å². The maximum atomic E-state index is 5.95. The van der Waals surface area contributed by atoms with Crippen LogP contribution in [0.15, 0.2) is 44.7 Å². The summed E-state index contributed by atoms with van der Waals surface area (Å²) in [5.74, 6) is 1.15.